The zero-order valence-electron chi connectivity index (χ0n) is 10.2. The molecule has 1 aliphatic carbocycles. The van der Waals surface area contributed by atoms with Crippen molar-refractivity contribution in [3.8, 4) is 0 Å². The Morgan fingerprint density at radius 2 is 2.24 bits per heavy atom. The topological polar surface area (TPSA) is 26.0 Å². The maximum absolute atomic E-state index is 13.9. The van der Waals surface area contributed by atoms with Crippen LogP contribution in [-0.2, 0) is 6.42 Å². The van der Waals surface area contributed by atoms with Gasteiger partial charge in [0.1, 0.15) is 5.82 Å². The first-order valence-corrected chi connectivity index (χ1v) is 6.62. The van der Waals surface area contributed by atoms with Gasteiger partial charge in [-0.3, -0.25) is 0 Å². The van der Waals surface area contributed by atoms with Gasteiger partial charge in [-0.05, 0) is 36.8 Å². The van der Waals surface area contributed by atoms with Crippen molar-refractivity contribution in [1.29, 1.82) is 0 Å². The monoisotopic (exact) mass is 255 g/mol. The van der Waals surface area contributed by atoms with Gasteiger partial charge < -0.3 is 5.73 Å². The van der Waals surface area contributed by atoms with E-state index in [9.17, 15) is 4.39 Å². The maximum atomic E-state index is 13.9. The molecule has 0 aliphatic heterocycles. The van der Waals surface area contributed by atoms with E-state index in [0.29, 0.717) is 17.9 Å². The van der Waals surface area contributed by atoms with E-state index in [2.05, 4.69) is 6.92 Å². The van der Waals surface area contributed by atoms with Gasteiger partial charge in [0.25, 0.3) is 0 Å². The molecule has 2 atom stereocenters. The van der Waals surface area contributed by atoms with Crippen molar-refractivity contribution < 1.29 is 4.39 Å². The fraction of sp³-hybridized carbons (Fsp3) is 0.571. The van der Waals surface area contributed by atoms with Crippen molar-refractivity contribution in [2.45, 2.75) is 44.6 Å². The molecule has 0 aromatic heterocycles. The predicted molar refractivity (Wildman–Crippen MR) is 69.7 cm³/mol. The highest BCUT2D eigenvalue weighted by atomic mass is 35.5. The number of nitrogens with two attached hydrogens (primary N) is 1. The van der Waals surface area contributed by atoms with Crippen LogP contribution >= 0.6 is 11.6 Å². The Kier molecular flexibility index (Phi) is 3.74. The van der Waals surface area contributed by atoms with Gasteiger partial charge >= 0.3 is 0 Å². The summed E-state index contributed by atoms with van der Waals surface area (Å²) in [6.07, 6.45) is 5.07. The minimum atomic E-state index is -0.309. The molecule has 1 fully saturated rings. The molecule has 2 N–H and O–H groups in total. The summed E-state index contributed by atoms with van der Waals surface area (Å²) in [5.74, 6) is 0.131. The van der Waals surface area contributed by atoms with E-state index in [1.165, 1.54) is 6.42 Å². The van der Waals surface area contributed by atoms with Gasteiger partial charge in [0, 0.05) is 5.54 Å². The lowest BCUT2D eigenvalue weighted by Crippen LogP contribution is -2.50. The van der Waals surface area contributed by atoms with Crippen LogP contribution in [0.2, 0.25) is 5.02 Å². The lowest BCUT2D eigenvalue weighted by Gasteiger charge is -2.39. The predicted octanol–water partition coefficient (Wildman–Crippen LogP) is 3.93. The molecule has 2 unspecified atom stereocenters. The third-order valence-electron chi connectivity index (χ3n) is 4.06. The van der Waals surface area contributed by atoms with Crippen molar-refractivity contribution in [2.24, 2.45) is 11.7 Å². The molecule has 94 valence electrons. The molecule has 1 saturated carbocycles. The molecule has 0 heterocycles. The van der Waals surface area contributed by atoms with E-state index in [1.54, 1.807) is 18.2 Å². The molecular weight excluding hydrogens is 237 g/mol. The van der Waals surface area contributed by atoms with Crippen LogP contribution in [0.15, 0.2) is 18.2 Å². The van der Waals surface area contributed by atoms with Crippen LogP contribution in [0.25, 0.3) is 0 Å². The molecule has 1 aromatic carbocycles. The highest BCUT2D eigenvalue weighted by Gasteiger charge is 2.35. The third kappa shape index (κ3) is 2.63. The van der Waals surface area contributed by atoms with Gasteiger partial charge in [-0.25, -0.2) is 4.39 Å². The summed E-state index contributed by atoms with van der Waals surface area (Å²) in [5.41, 5.74) is 6.82. The number of hydrogen-bond acceptors (Lipinski definition) is 1. The number of hydrogen-bond donors (Lipinski definition) is 1. The number of halogens is 2. The van der Waals surface area contributed by atoms with E-state index >= 15 is 0 Å². The summed E-state index contributed by atoms with van der Waals surface area (Å²) in [7, 11) is 0. The lowest BCUT2D eigenvalue weighted by molar-refractivity contribution is 0.202. The van der Waals surface area contributed by atoms with Crippen molar-refractivity contribution >= 4 is 11.6 Å². The summed E-state index contributed by atoms with van der Waals surface area (Å²) in [5, 5.41) is 0.189. The van der Waals surface area contributed by atoms with Crippen LogP contribution in [0, 0.1) is 11.7 Å². The van der Waals surface area contributed by atoms with Crippen LogP contribution in [0.3, 0.4) is 0 Å². The fourth-order valence-electron chi connectivity index (χ4n) is 2.74. The van der Waals surface area contributed by atoms with Crippen LogP contribution < -0.4 is 5.73 Å². The van der Waals surface area contributed by atoms with E-state index in [0.717, 1.165) is 19.3 Å². The average molecular weight is 256 g/mol. The summed E-state index contributed by atoms with van der Waals surface area (Å²) >= 11 is 5.80. The van der Waals surface area contributed by atoms with Gasteiger partial charge in [-0.1, -0.05) is 43.5 Å². The van der Waals surface area contributed by atoms with Crippen LogP contribution in [0.1, 0.15) is 38.2 Å². The zero-order valence-corrected chi connectivity index (χ0v) is 10.9. The fourth-order valence-corrected chi connectivity index (χ4v) is 2.93. The molecule has 0 radical (unpaired) electrons. The van der Waals surface area contributed by atoms with Crippen molar-refractivity contribution in [2.75, 3.05) is 0 Å². The smallest absolute Gasteiger partial charge is 0.145 e. The quantitative estimate of drug-likeness (QED) is 0.851. The summed E-state index contributed by atoms with van der Waals surface area (Å²) in [6, 6.07) is 5.16. The Labute approximate surface area is 107 Å². The van der Waals surface area contributed by atoms with Gasteiger partial charge in [0.05, 0.1) is 5.02 Å². The molecule has 1 aromatic rings. The maximum Gasteiger partial charge on any atom is 0.145 e. The standard InChI is InChI=1S/C14H19ClFN/c1-10-5-2-3-8-14(10,17)9-11-6-4-7-12(15)13(11)16/h4,6-7,10H,2-3,5,8-9,17H2,1H3. The first-order valence-electron chi connectivity index (χ1n) is 6.25. The Morgan fingerprint density at radius 3 is 2.94 bits per heavy atom. The largest absolute Gasteiger partial charge is 0.325 e. The summed E-state index contributed by atoms with van der Waals surface area (Å²) < 4.78 is 13.9. The first-order chi connectivity index (χ1) is 8.03. The molecule has 1 nitrogen and oxygen atoms in total. The van der Waals surface area contributed by atoms with E-state index in [1.807, 2.05) is 0 Å². The second-order valence-electron chi connectivity index (χ2n) is 5.27. The number of benzene rings is 1. The molecule has 1 aliphatic rings. The van der Waals surface area contributed by atoms with Crippen LogP contribution in [0.4, 0.5) is 4.39 Å². The van der Waals surface area contributed by atoms with E-state index in [-0.39, 0.29) is 16.4 Å². The Hall–Kier alpha value is -0.600. The summed E-state index contributed by atoms with van der Waals surface area (Å²) in [6.45, 7) is 2.17. The van der Waals surface area contributed by atoms with Gasteiger partial charge in [-0.15, -0.1) is 0 Å². The van der Waals surface area contributed by atoms with Gasteiger partial charge in [-0.2, -0.15) is 0 Å². The minimum Gasteiger partial charge on any atom is -0.325 e. The second kappa shape index (κ2) is 4.95. The highest BCUT2D eigenvalue weighted by molar-refractivity contribution is 6.30. The van der Waals surface area contributed by atoms with Crippen molar-refractivity contribution in [3.05, 3.63) is 34.6 Å². The second-order valence-corrected chi connectivity index (χ2v) is 5.68. The van der Waals surface area contributed by atoms with Gasteiger partial charge in [0.2, 0.25) is 0 Å². The Bertz CT molecular complexity index is 407. The van der Waals surface area contributed by atoms with E-state index in [4.69, 9.17) is 17.3 Å². The van der Waals surface area contributed by atoms with Gasteiger partial charge in [0.15, 0.2) is 0 Å². The summed E-state index contributed by atoms with van der Waals surface area (Å²) in [4.78, 5) is 0. The third-order valence-corrected chi connectivity index (χ3v) is 4.35. The SMILES string of the molecule is CC1CCCCC1(N)Cc1cccc(Cl)c1F. The van der Waals surface area contributed by atoms with Crippen LogP contribution in [0.5, 0.6) is 0 Å². The minimum absolute atomic E-state index is 0.189. The molecule has 2 rings (SSSR count). The lowest BCUT2D eigenvalue weighted by atomic mass is 9.71. The molecule has 0 bridgehead atoms. The first kappa shape index (κ1) is 12.8. The van der Waals surface area contributed by atoms with E-state index < -0.39 is 0 Å². The van der Waals surface area contributed by atoms with Crippen molar-refractivity contribution in [1.82, 2.24) is 0 Å². The molecule has 0 amide bonds. The molecule has 17 heavy (non-hydrogen) atoms. The normalized spacial score (nSPS) is 29.3. The molecule has 0 saturated heterocycles. The van der Waals surface area contributed by atoms with Crippen molar-refractivity contribution in [3.63, 3.8) is 0 Å². The molecule has 3 heteroatoms. The molecule has 0 spiro atoms. The Morgan fingerprint density at radius 1 is 1.47 bits per heavy atom. The average Bonchev–Trinajstić information content (AvgIpc) is 2.29. The highest BCUT2D eigenvalue weighted by Crippen LogP contribution is 2.35. The molecular formula is C14H19ClFN. The Balaban J connectivity index is 2.22. The van der Waals surface area contributed by atoms with Crippen LogP contribution in [-0.4, -0.2) is 5.54 Å². The number of rotatable bonds is 2. The zero-order chi connectivity index (χ0) is 12.5.